The molecular formula is C29H22ClN3O6S2. The lowest BCUT2D eigenvalue weighted by atomic mass is 9.95. The van der Waals surface area contributed by atoms with Crippen LogP contribution >= 0.6 is 34.7 Å². The number of hydrogen-bond acceptors (Lipinski definition) is 10. The fourth-order valence-corrected chi connectivity index (χ4v) is 6.74. The van der Waals surface area contributed by atoms with Crippen molar-refractivity contribution >= 4 is 57.3 Å². The number of halogens is 1. The second-order valence-corrected chi connectivity index (χ2v) is 11.6. The molecule has 9 nitrogen and oxygen atoms in total. The van der Waals surface area contributed by atoms with Crippen LogP contribution in [-0.2, 0) is 15.3 Å². The van der Waals surface area contributed by atoms with E-state index in [2.05, 4.69) is 10.2 Å². The second kappa shape index (κ2) is 11.4. The Morgan fingerprint density at radius 2 is 1.83 bits per heavy atom. The summed E-state index contributed by atoms with van der Waals surface area (Å²) in [5.74, 6) is 0.158. The molecule has 0 saturated carbocycles. The minimum atomic E-state index is -0.955. The van der Waals surface area contributed by atoms with E-state index in [1.165, 1.54) is 28.0 Å². The van der Waals surface area contributed by atoms with Crippen LogP contribution in [0, 0.1) is 0 Å². The third-order valence-electron chi connectivity index (χ3n) is 6.60. The van der Waals surface area contributed by atoms with Gasteiger partial charge in [0.05, 0.1) is 18.7 Å². The van der Waals surface area contributed by atoms with E-state index in [1.54, 1.807) is 49.6 Å². The van der Waals surface area contributed by atoms with Gasteiger partial charge in [0.25, 0.3) is 5.78 Å². The molecule has 2 aliphatic rings. The molecule has 12 heteroatoms. The Labute approximate surface area is 248 Å². The first-order valence-electron chi connectivity index (χ1n) is 12.5. The number of ketones is 1. The standard InChI is InChI=1S/C29H22ClN3O6S2/c1-37-19-9-6-16(7-10-19)24-23(25(34)17-8-11-21-22(14-17)39-13-12-38-21)26(35)27(36)33(24)28-31-32-29(41-28)40-15-18-4-2-3-5-20(18)30/h2-11,14,24,34H,12-13,15H2,1H3/t24-/m0/s1. The summed E-state index contributed by atoms with van der Waals surface area (Å²) in [4.78, 5) is 28.3. The molecule has 41 heavy (non-hydrogen) atoms. The third kappa shape index (κ3) is 5.23. The highest BCUT2D eigenvalue weighted by Gasteiger charge is 2.48. The van der Waals surface area contributed by atoms with Crippen molar-refractivity contribution in [2.75, 3.05) is 25.2 Å². The van der Waals surface area contributed by atoms with Crippen molar-refractivity contribution in [2.45, 2.75) is 16.1 Å². The van der Waals surface area contributed by atoms with Gasteiger partial charge in [-0.1, -0.05) is 65.0 Å². The number of fused-ring (bicyclic) bond motifs is 1. The molecule has 1 N–H and O–H groups in total. The Morgan fingerprint density at radius 1 is 1.07 bits per heavy atom. The molecule has 1 fully saturated rings. The van der Waals surface area contributed by atoms with Crippen molar-refractivity contribution in [1.29, 1.82) is 0 Å². The van der Waals surface area contributed by atoms with Gasteiger partial charge in [-0.25, -0.2) is 0 Å². The molecule has 1 aromatic heterocycles. The first-order valence-corrected chi connectivity index (χ1v) is 14.7. The predicted molar refractivity (Wildman–Crippen MR) is 156 cm³/mol. The zero-order chi connectivity index (χ0) is 28.5. The van der Waals surface area contributed by atoms with Gasteiger partial charge in [0, 0.05) is 16.3 Å². The van der Waals surface area contributed by atoms with Crippen molar-refractivity contribution in [3.63, 3.8) is 0 Å². The topological polar surface area (TPSA) is 111 Å². The monoisotopic (exact) mass is 607 g/mol. The molecule has 2 aliphatic heterocycles. The van der Waals surface area contributed by atoms with Crippen molar-refractivity contribution in [3.8, 4) is 17.2 Å². The Bertz CT molecular complexity index is 1670. The summed E-state index contributed by atoms with van der Waals surface area (Å²) in [7, 11) is 1.55. The number of anilines is 1. The first-order chi connectivity index (χ1) is 19.9. The second-order valence-electron chi connectivity index (χ2n) is 9.03. The van der Waals surface area contributed by atoms with E-state index in [0.717, 1.165) is 5.56 Å². The van der Waals surface area contributed by atoms with Crippen LogP contribution in [0.5, 0.6) is 17.2 Å². The number of aliphatic hydroxyl groups is 1. The normalized spacial score (nSPS) is 17.6. The highest BCUT2D eigenvalue weighted by atomic mass is 35.5. The van der Waals surface area contributed by atoms with Gasteiger partial charge in [0.2, 0.25) is 5.13 Å². The van der Waals surface area contributed by atoms with Gasteiger partial charge >= 0.3 is 5.91 Å². The van der Waals surface area contributed by atoms with Gasteiger partial charge in [-0.2, -0.15) is 0 Å². The van der Waals surface area contributed by atoms with Crippen molar-refractivity contribution < 1.29 is 28.9 Å². The molecule has 0 radical (unpaired) electrons. The van der Waals surface area contributed by atoms with E-state index in [1.807, 2.05) is 24.3 Å². The lowest BCUT2D eigenvalue weighted by molar-refractivity contribution is -0.132. The van der Waals surface area contributed by atoms with E-state index in [-0.39, 0.29) is 16.5 Å². The van der Waals surface area contributed by atoms with Gasteiger partial charge in [-0.3, -0.25) is 14.5 Å². The molecule has 6 rings (SSSR count). The highest BCUT2D eigenvalue weighted by molar-refractivity contribution is 8.00. The largest absolute Gasteiger partial charge is 0.507 e. The summed E-state index contributed by atoms with van der Waals surface area (Å²) < 4.78 is 17.1. The van der Waals surface area contributed by atoms with Crippen molar-refractivity contribution in [1.82, 2.24) is 10.2 Å². The summed E-state index contributed by atoms with van der Waals surface area (Å²) >= 11 is 8.89. The van der Waals surface area contributed by atoms with Crippen molar-refractivity contribution in [3.05, 3.63) is 94.0 Å². The van der Waals surface area contributed by atoms with E-state index >= 15 is 0 Å². The molecule has 4 aromatic rings. The molecule has 3 aromatic carbocycles. The fourth-order valence-electron chi connectivity index (χ4n) is 4.59. The van der Waals surface area contributed by atoms with Gasteiger partial charge < -0.3 is 19.3 Å². The summed E-state index contributed by atoms with van der Waals surface area (Å²) in [6.07, 6.45) is 0. The first kappa shape index (κ1) is 27.1. The number of thioether (sulfide) groups is 1. The van der Waals surface area contributed by atoms with Crippen molar-refractivity contribution in [2.24, 2.45) is 0 Å². The summed E-state index contributed by atoms with van der Waals surface area (Å²) in [5, 5.41) is 20.8. The number of nitrogens with zero attached hydrogens (tertiary/aromatic N) is 3. The number of rotatable bonds is 7. The number of methoxy groups -OCH3 is 1. The van der Waals surface area contributed by atoms with E-state index < -0.39 is 17.7 Å². The van der Waals surface area contributed by atoms with Gasteiger partial charge in [0.15, 0.2) is 15.8 Å². The smallest absolute Gasteiger partial charge is 0.301 e. The summed E-state index contributed by atoms with van der Waals surface area (Å²) in [5.41, 5.74) is 1.77. The van der Waals surface area contributed by atoms with E-state index in [4.69, 9.17) is 25.8 Å². The number of Topliss-reactive ketones (excluding diaryl/α,β-unsaturated/α-hetero) is 1. The Morgan fingerprint density at radius 3 is 2.59 bits per heavy atom. The molecule has 3 heterocycles. The van der Waals surface area contributed by atoms with Gasteiger partial charge in [-0.15, -0.1) is 10.2 Å². The minimum absolute atomic E-state index is 0.0719. The lowest BCUT2D eigenvalue weighted by Crippen LogP contribution is -2.29. The van der Waals surface area contributed by atoms with Crippen LogP contribution < -0.4 is 19.1 Å². The summed E-state index contributed by atoms with van der Waals surface area (Å²) in [6, 6.07) is 18.4. The highest BCUT2D eigenvalue weighted by Crippen LogP contribution is 2.45. The summed E-state index contributed by atoms with van der Waals surface area (Å²) in [6.45, 7) is 0.781. The molecule has 0 spiro atoms. The van der Waals surface area contributed by atoms with Crippen LogP contribution in [0.25, 0.3) is 5.76 Å². The molecular weight excluding hydrogens is 586 g/mol. The van der Waals surface area contributed by atoms with Crippen LogP contribution in [0.2, 0.25) is 5.02 Å². The zero-order valence-corrected chi connectivity index (χ0v) is 24.0. The molecule has 208 valence electrons. The quantitative estimate of drug-likeness (QED) is 0.0903. The molecule has 0 bridgehead atoms. The average molecular weight is 608 g/mol. The van der Waals surface area contributed by atoms with Gasteiger partial charge in [0.1, 0.15) is 24.7 Å². The number of aliphatic hydroxyl groups excluding tert-OH is 1. The maximum Gasteiger partial charge on any atom is 0.301 e. The number of ether oxygens (including phenoxy) is 3. The number of carbonyl (C=O) groups is 2. The number of hydrogen-bond donors (Lipinski definition) is 1. The third-order valence-corrected chi connectivity index (χ3v) is 9.08. The molecule has 1 amide bonds. The van der Waals surface area contributed by atoms with Crippen LogP contribution in [0.3, 0.4) is 0 Å². The van der Waals surface area contributed by atoms with Crippen LogP contribution in [-0.4, -0.2) is 47.3 Å². The predicted octanol–water partition coefficient (Wildman–Crippen LogP) is 5.89. The SMILES string of the molecule is COc1ccc([C@H]2C(=C(O)c3ccc4c(c3)OCCO4)C(=O)C(=O)N2c2nnc(SCc3ccccc3Cl)s2)cc1. The Hall–Kier alpha value is -4.06. The van der Waals surface area contributed by atoms with E-state index in [9.17, 15) is 14.7 Å². The average Bonchev–Trinajstić information content (AvgIpc) is 3.58. The van der Waals surface area contributed by atoms with Crippen LogP contribution in [0.1, 0.15) is 22.7 Å². The number of benzene rings is 3. The Kier molecular flexibility index (Phi) is 7.57. The maximum atomic E-state index is 13.5. The number of amides is 1. The Balaban J connectivity index is 1.39. The van der Waals surface area contributed by atoms with Gasteiger partial charge in [-0.05, 0) is 47.5 Å². The number of aromatic nitrogens is 2. The molecule has 1 saturated heterocycles. The minimum Gasteiger partial charge on any atom is -0.507 e. The lowest BCUT2D eigenvalue weighted by Gasteiger charge is -2.23. The maximum absolute atomic E-state index is 13.5. The zero-order valence-electron chi connectivity index (χ0n) is 21.6. The van der Waals surface area contributed by atoms with Crippen LogP contribution in [0.4, 0.5) is 5.13 Å². The fraction of sp³-hybridized carbons (Fsp3) is 0.172. The van der Waals surface area contributed by atoms with Crippen LogP contribution in [0.15, 0.2) is 76.6 Å². The molecule has 0 aliphatic carbocycles. The van der Waals surface area contributed by atoms with E-state index in [0.29, 0.717) is 56.7 Å². The molecule has 1 atom stereocenters. The molecule has 0 unspecified atom stereocenters. The number of carbonyl (C=O) groups excluding carboxylic acids is 2.